The first-order valence-electron chi connectivity index (χ1n) is 9.37. The number of hydrogen-bond donors (Lipinski definition) is 1. The third-order valence-electron chi connectivity index (χ3n) is 6.00. The van der Waals surface area contributed by atoms with Gasteiger partial charge in [0.05, 0.1) is 5.52 Å². The van der Waals surface area contributed by atoms with Gasteiger partial charge in [0.1, 0.15) is 0 Å². The van der Waals surface area contributed by atoms with Crippen LogP contribution >= 0.6 is 24.0 Å². The number of nitrogens with zero attached hydrogens (tertiary/aromatic N) is 2. The molecule has 1 N–H and O–H groups in total. The summed E-state index contributed by atoms with van der Waals surface area (Å²) in [6, 6.07) is 7.49. The highest BCUT2D eigenvalue weighted by Gasteiger charge is 2.38. The van der Waals surface area contributed by atoms with Gasteiger partial charge in [0.25, 0.3) is 0 Å². The quantitative estimate of drug-likeness (QED) is 0.790. The highest BCUT2D eigenvalue weighted by molar-refractivity contribution is 8.22. The molecule has 5 heteroatoms. The van der Waals surface area contributed by atoms with Crippen molar-refractivity contribution in [2.45, 2.75) is 51.5 Å². The fourth-order valence-corrected chi connectivity index (χ4v) is 5.22. The average molecular weight is 374 g/mol. The van der Waals surface area contributed by atoms with Crippen LogP contribution in [0.25, 0.3) is 10.9 Å². The Morgan fingerprint density at radius 2 is 2.24 bits per heavy atom. The number of likely N-dealkylation sites (tertiary alicyclic amines) is 1. The van der Waals surface area contributed by atoms with E-state index in [2.05, 4.69) is 47.0 Å². The molecule has 3 nitrogen and oxygen atoms in total. The number of benzene rings is 1. The lowest BCUT2D eigenvalue weighted by atomic mass is 9.74. The van der Waals surface area contributed by atoms with Gasteiger partial charge in [-0.2, -0.15) is 0 Å². The summed E-state index contributed by atoms with van der Waals surface area (Å²) in [7, 11) is 0. The maximum absolute atomic E-state index is 5.43. The van der Waals surface area contributed by atoms with Crippen LogP contribution in [0, 0.1) is 6.92 Å². The fraction of sp³-hybridized carbons (Fsp3) is 0.550. The molecule has 2 heterocycles. The van der Waals surface area contributed by atoms with Crippen LogP contribution in [0.3, 0.4) is 0 Å². The second-order valence-electron chi connectivity index (χ2n) is 7.30. The Labute approximate surface area is 160 Å². The Hall–Kier alpha value is -1.04. The molecule has 0 radical (unpaired) electrons. The zero-order valence-electron chi connectivity index (χ0n) is 15.3. The Balaban J connectivity index is 1.84. The third-order valence-corrected chi connectivity index (χ3v) is 7.05. The Kier molecular flexibility index (Phi) is 4.82. The summed E-state index contributed by atoms with van der Waals surface area (Å²) < 4.78 is 3.04. The number of aromatic nitrogens is 1. The van der Waals surface area contributed by atoms with Gasteiger partial charge in [0.15, 0.2) is 4.32 Å². The van der Waals surface area contributed by atoms with Gasteiger partial charge >= 0.3 is 0 Å². The van der Waals surface area contributed by atoms with Crippen LogP contribution in [0.15, 0.2) is 18.2 Å². The van der Waals surface area contributed by atoms with E-state index >= 15 is 0 Å². The summed E-state index contributed by atoms with van der Waals surface area (Å²) in [4.78, 5) is 2.74. The van der Waals surface area contributed by atoms with Crippen molar-refractivity contribution < 1.29 is 0 Å². The van der Waals surface area contributed by atoms with Gasteiger partial charge in [-0.15, -0.1) is 0 Å². The van der Waals surface area contributed by atoms with E-state index in [1.165, 1.54) is 60.9 Å². The maximum Gasteiger partial charge on any atom is 0.152 e. The molecule has 2 aliphatic rings. The van der Waals surface area contributed by atoms with Crippen molar-refractivity contribution in [1.29, 1.82) is 0 Å². The molecule has 0 bridgehead atoms. The van der Waals surface area contributed by atoms with E-state index in [0.717, 1.165) is 4.32 Å². The lowest BCUT2D eigenvalue weighted by Gasteiger charge is -2.44. The molecule has 0 unspecified atom stereocenters. The van der Waals surface area contributed by atoms with Crippen LogP contribution in [0.4, 0.5) is 0 Å². The summed E-state index contributed by atoms with van der Waals surface area (Å²) >= 11 is 7.02. The minimum absolute atomic E-state index is 0.661. The highest BCUT2D eigenvalue weighted by atomic mass is 32.2. The van der Waals surface area contributed by atoms with Gasteiger partial charge in [0.2, 0.25) is 0 Å². The zero-order chi connectivity index (χ0) is 17.6. The van der Waals surface area contributed by atoms with Crippen molar-refractivity contribution in [2.24, 2.45) is 0 Å². The number of thiocarbonyl (C=S) groups is 1. The van der Waals surface area contributed by atoms with Gasteiger partial charge in [-0.3, -0.25) is 15.0 Å². The highest BCUT2D eigenvalue weighted by Crippen LogP contribution is 2.45. The number of nitrogens with one attached hydrogen (secondary N) is 1. The van der Waals surface area contributed by atoms with E-state index in [9.17, 15) is 0 Å². The topological polar surface area (TPSA) is 20.2 Å². The van der Waals surface area contributed by atoms with Crippen molar-refractivity contribution in [3.8, 4) is 0 Å². The molecule has 0 saturated carbocycles. The minimum Gasteiger partial charge on any atom is -0.299 e. The molecule has 2 aromatic rings. The van der Waals surface area contributed by atoms with Crippen molar-refractivity contribution in [3.63, 3.8) is 0 Å². The van der Waals surface area contributed by atoms with Crippen LogP contribution in [0.2, 0.25) is 0 Å². The summed E-state index contributed by atoms with van der Waals surface area (Å²) in [5.74, 6) is 0.680. The van der Waals surface area contributed by atoms with Crippen LogP contribution in [-0.2, 0) is 6.42 Å². The van der Waals surface area contributed by atoms with Gasteiger partial charge in [-0.05, 0) is 69.1 Å². The standard InChI is InChI=1S/C20H27N3S2/c1-4-10-22-11-6-8-14-15-7-5-9-17-19(15)16(12-18(14)22)13(2)23(17)21-20(24)25-3/h5,7,9,14,18H,4,6,8,10-12H2,1-3H3,(H,21,24)/t14-,18-/m1/s1. The number of thioether (sulfide) groups is 1. The molecular formula is C20H27N3S2. The number of rotatable bonds is 3. The summed E-state index contributed by atoms with van der Waals surface area (Å²) in [5, 5.41) is 1.48. The molecule has 2 atom stereocenters. The Morgan fingerprint density at radius 1 is 1.40 bits per heavy atom. The average Bonchev–Trinajstić information content (AvgIpc) is 2.90. The minimum atomic E-state index is 0.661. The van der Waals surface area contributed by atoms with Crippen molar-refractivity contribution in [2.75, 3.05) is 24.8 Å². The van der Waals surface area contributed by atoms with E-state index in [0.29, 0.717) is 12.0 Å². The molecule has 1 aromatic heterocycles. The van der Waals surface area contributed by atoms with E-state index in [4.69, 9.17) is 12.2 Å². The molecule has 1 aliphatic carbocycles. The zero-order valence-corrected chi connectivity index (χ0v) is 17.0. The maximum atomic E-state index is 5.43. The van der Waals surface area contributed by atoms with Crippen molar-refractivity contribution in [1.82, 2.24) is 9.58 Å². The first kappa shape index (κ1) is 17.4. The van der Waals surface area contributed by atoms with Crippen LogP contribution in [0.1, 0.15) is 48.9 Å². The van der Waals surface area contributed by atoms with Gasteiger partial charge in [-0.25, -0.2) is 0 Å². The van der Waals surface area contributed by atoms with Crippen molar-refractivity contribution in [3.05, 3.63) is 35.0 Å². The van der Waals surface area contributed by atoms with Gasteiger partial charge in [0, 0.05) is 23.0 Å². The predicted molar refractivity (Wildman–Crippen MR) is 113 cm³/mol. The monoisotopic (exact) mass is 373 g/mol. The lowest BCUT2D eigenvalue weighted by Crippen LogP contribution is -2.47. The largest absolute Gasteiger partial charge is 0.299 e. The fourth-order valence-electron chi connectivity index (χ4n) is 4.94. The summed E-state index contributed by atoms with van der Waals surface area (Å²) in [6.45, 7) is 7.02. The summed E-state index contributed by atoms with van der Waals surface area (Å²) in [5.41, 5.74) is 9.11. The second-order valence-corrected chi connectivity index (χ2v) is 8.78. The first-order valence-corrected chi connectivity index (χ1v) is 11.0. The number of piperidine rings is 1. The molecule has 1 aromatic carbocycles. The molecule has 1 saturated heterocycles. The van der Waals surface area contributed by atoms with E-state index in [1.807, 2.05) is 6.26 Å². The van der Waals surface area contributed by atoms with Gasteiger partial charge in [-0.1, -0.05) is 43.0 Å². The molecule has 0 spiro atoms. The van der Waals surface area contributed by atoms with Crippen LogP contribution in [-0.4, -0.2) is 39.3 Å². The molecule has 0 amide bonds. The van der Waals surface area contributed by atoms with Crippen LogP contribution < -0.4 is 5.43 Å². The predicted octanol–water partition coefficient (Wildman–Crippen LogP) is 4.66. The van der Waals surface area contributed by atoms with E-state index in [1.54, 1.807) is 17.3 Å². The Bertz CT molecular complexity index is 809. The first-order chi connectivity index (χ1) is 12.2. The SMILES string of the molecule is CCCN1CCC[C@@H]2c3cccc4c3c(c(C)n4NC(=S)SC)C[C@H]21. The Morgan fingerprint density at radius 3 is 3.00 bits per heavy atom. The molecule has 134 valence electrons. The molecule has 1 fully saturated rings. The number of hydrogen-bond acceptors (Lipinski definition) is 3. The molecular weight excluding hydrogens is 346 g/mol. The molecule has 4 rings (SSSR count). The van der Waals surface area contributed by atoms with E-state index < -0.39 is 0 Å². The normalized spacial score (nSPS) is 22.8. The summed E-state index contributed by atoms with van der Waals surface area (Å²) in [6.07, 6.45) is 7.08. The molecule has 1 aliphatic heterocycles. The third kappa shape index (κ3) is 2.81. The molecule has 25 heavy (non-hydrogen) atoms. The van der Waals surface area contributed by atoms with Crippen molar-refractivity contribution >= 4 is 39.2 Å². The number of fused-ring (bicyclic) bond motifs is 2. The second kappa shape index (κ2) is 6.93. The van der Waals surface area contributed by atoms with Gasteiger partial charge < -0.3 is 0 Å². The van der Waals surface area contributed by atoms with Crippen LogP contribution in [0.5, 0.6) is 0 Å². The lowest BCUT2D eigenvalue weighted by molar-refractivity contribution is 0.124. The smallest absolute Gasteiger partial charge is 0.152 e. The van der Waals surface area contributed by atoms with E-state index in [-0.39, 0.29) is 0 Å².